The van der Waals surface area contributed by atoms with E-state index in [-0.39, 0.29) is 12.8 Å². The molecule has 0 aliphatic heterocycles. The second-order valence-corrected chi connectivity index (χ2v) is 3.87. The molecular weight excluding hydrogens is 193 g/mol. The van der Waals surface area contributed by atoms with Crippen molar-refractivity contribution >= 4 is 0 Å². The van der Waals surface area contributed by atoms with Crippen molar-refractivity contribution in [2.45, 2.75) is 50.3 Å². The molecule has 1 unspecified atom stereocenters. The van der Waals surface area contributed by atoms with Crippen molar-refractivity contribution in [1.29, 1.82) is 0 Å². The lowest BCUT2D eigenvalue weighted by molar-refractivity contribution is -0.137. The first-order chi connectivity index (χ1) is 6.41. The molecule has 0 aromatic carbocycles. The fraction of sp³-hybridized carbons (Fsp3) is 0.800. The summed E-state index contributed by atoms with van der Waals surface area (Å²) in [5.41, 5.74) is -0.983. The van der Waals surface area contributed by atoms with Crippen molar-refractivity contribution in [2.24, 2.45) is 0 Å². The number of hydrogen-bond acceptors (Lipinski definition) is 1. The van der Waals surface area contributed by atoms with Crippen molar-refractivity contribution < 1.29 is 18.3 Å². The molecule has 4 heteroatoms. The summed E-state index contributed by atoms with van der Waals surface area (Å²) in [7, 11) is 0. The maximum absolute atomic E-state index is 11.8. The van der Waals surface area contributed by atoms with Gasteiger partial charge in [-0.3, -0.25) is 0 Å². The number of alkyl halides is 3. The Morgan fingerprint density at radius 1 is 1.36 bits per heavy atom. The maximum Gasteiger partial charge on any atom is 0.389 e. The van der Waals surface area contributed by atoms with E-state index in [1.807, 2.05) is 6.08 Å². The van der Waals surface area contributed by atoms with Gasteiger partial charge in [-0.1, -0.05) is 12.2 Å². The molecule has 0 bridgehead atoms. The second kappa shape index (κ2) is 4.34. The van der Waals surface area contributed by atoms with Crippen molar-refractivity contribution in [3.8, 4) is 0 Å². The molecule has 0 heterocycles. The van der Waals surface area contributed by atoms with E-state index < -0.39 is 18.2 Å². The Hall–Kier alpha value is -0.510. The molecular formula is C10H15F3O. The van der Waals surface area contributed by atoms with Gasteiger partial charge in [-0.15, -0.1) is 0 Å². The lowest BCUT2D eigenvalue weighted by Crippen LogP contribution is -2.28. The van der Waals surface area contributed by atoms with Gasteiger partial charge < -0.3 is 5.11 Å². The van der Waals surface area contributed by atoms with Gasteiger partial charge in [-0.2, -0.15) is 13.2 Å². The van der Waals surface area contributed by atoms with E-state index >= 15 is 0 Å². The summed E-state index contributed by atoms with van der Waals surface area (Å²) in [6.45, 7) is 0. The van der Waals surface area contributed by atoms with E-state index in [0.29, 0.717) is 6.42 Å². The summed E-state index contributed by atoms with van der Waals surface area (Å²) in [4.78, 5) is 0. The molecule has 1 rings (SSSR count). The number of allylic oxidation sites excluding steroid dienone is 1. The zero-order valence-electron chi connectivity index (χ0n) is 7.98. The highest BCUT2D eigenvalue weighted by molar-refractivity contribution is 5.04. The summed E-state index contributed by atoms with van der Waals surface area (Å²) in [5, 5.41) is 9.81. The minimum atomic E-state index is -4.10. The number of rotatable bonds is 3. The first-order valence-electron chi connectivity index (χ1n) is 4.88. The fourth-order valence-electron chi connectivity index (χ4n) is 1.72. The highest BCUT2D eigenvalue weighted by Crippen LogP contribution is 2.30. The van der Waals surface area contributed by atoms with E-state index in [0.717, 1.165) is 12.8 Å². The van der Waals surface area contributed by atoms with Gasteiger partial charge in [0.15, 0.2) is 0 Å². The van der Waals surface area contributed by atoms with Gasteiger partial charge in [0, 0.05) is 6.42 Å². The quantitative estimate of drug-likeness (QED) is 0.706. The molecule has 0 fully saturated rings. The molecule has 1 aliphatic rings. The molecule has 0 amide bonds. The molecule has 0 radical (unpaired) electrons. The van der Waals surface area contributed by atoms with Crippen LogP contribution in [0.5, 0.6) is 0 Å². The first-order valence-corrected chi connectivity index (χ1v) is 4.88. The van der Waals surface area contributed by atoms with Crippen LogP contribution in [0, 0.1) is 0 Å². The summed E-state index contributed by atoms with van der Waals surface area (Å²) in [6.07, 6.45) is 1.16. The van der Waals surface area contributed by atoms with Crippen LogP contribution in [-0.4, -0.2) is 16.9 Å². The molecule has 82 valence electrons. The fourth-order valence-corrected chi connectivity index (χ4v) is 1.72. The van der Waals surface area contributed by atoms with Crippen molar-refractivity contribution in [3.63, 3.8) is 0 Å². The Morgan fingerprint density at radius 3 is 2.57 bits per heavy atom. The smallest absolute Gasteiger partial charge is 0.386 e. The minimum Gasteiger partial charge on any atom is -0.386 e. The third-order valence-corrected chi connectivity index (χ3v) is 2.48. The zero-order chi connectivity index (χ0) is 10.7. The minimum absolute atomic E-state index is 0.00431. The Kier molecular flexibility index (Phi) is 3.59. The van der Waals surface area contributed by atoms with E-state index in [2.05, 4.69) is 0 Å². The third kappa shape index (κ3) is 4.13. The van der Waals surface area contributed by atoms with Crippen LogP contribution in [0.25, 0.3) is 0 Å². The van der Waals surface area contributed by atoms with Crippen LogP contribution in [0.3, 0.4) is 0 Å². The predicted molar refractivity (Wildman–Crippen MR) is 47.8 cm³/mol. The molecule has 0 aromatic heterocycles. The lowest BCUT2D eigenvalue weighted by atomic mass is 9.87. The van der Waals surface area contributed by atoms with Gasteiger partial charge in [-0.25, -0.2) is 0 Å². The van der Waals surface area contributed by atoms with Crippen LogP contribution in [0.2, 0.25) is 0 Å². The van der Waals surface area contributed by atoms with Crippen LogP contribution >= 0.6 is 0 Å². The van der Waals surface area contributed by atoms with Crippen LogP contribution in [-0.2, 0) is 0 Å². The Labute approximate surface area is 81.6 Å². The molecule has 1 nitrogen and oxygen atoms in total. The molecule has 0 spiro atoms. The summed E-state index contributed by atoms with van der Waals surface area (Å²) in [6, 6.07) is 0. The number of halogens is 3. The zero-order valence-corrected chi connectivity index (χ0v) is 7.98. The number of hydrogen-bond donors (Lipinski definition) is 1. The molecule has 14 heavy (non-hydrogen) atoms. The number of aliphatic hydroxyl groups is 1. The average Bonchev–Trinajstić information content (AvgIpc) is 2.02. The SMILES string of the molecule is OC1(CCCC(F)(F)F)C=CCCC1. The van der Waals surface area contributed by atoms with Crippen molar-refractivity contribution in [2.75, 3.05) is 0 Å². The third-order valence-electron chi connectivity index (χ3n) is 2.48. The van der Waals surface area contributed by atoms with Crippen LogP contribution in [0.1, 0.15) is 38.5 Å². The summed E-state index contributed by atoms with van der Waals surface area (Å²) in [5.74, 6) is 0. The molecule has 1 aliphatic carbocycles. The summed E-state index contributed by atoms with van der Waals surface area (Å²) >= 11 is 0. The Balaban J connectivity index is 2.30. The molecule has 0 aromatic rings. The standard InChI is InChI=1S/C10H15F3O/c11-10(12,13)8-4-7-9(14)5-2-1-3-6-9/h2,5,14H,1,3-4,6-8H2. The van der Waals surface area contributed by atoms with Gasteiger partial charge >= 0.3 is 6.18 Å². The Morgan fingerprint density at radius 2 is 2.07 bits per heavy atom. The highest BCUT2D eigenvalue weighted by atomic mass is 19.4. The van der Waals surface area contributed by atoms with Crippen LogP contribution in [0.15, 0.2) is 12.2 Å². The monoisotopic (exact) mass is 208 g/mol. The topological polar surface area (TPSA) is 20.2 Å². The molecule has 1 atom stereocenters. The Bertz CT molecular complexity index is 210. The maximum atomic E-state index is 11.8. The molecule has 0 saturated carbocycles. The molecule has 0 saturated heterocycles. The highest BCUT2D eigenvalue weighted by Gasteiger charge is 2.30. The van der Waals surface area contributed by atoms with E-state index in [1.165, 1.54) is 0 Å². The summed E-state index contributed by atoms with van der Waals surface area (Å²) < 4.78 is 35.5. The predicted octanol–water partition coefficient (Wildman–Crippen LogP) is 3.19. The van der Waals surface area contributed by atoms with Gasteiger partial charge in [0.05, 0.1) is 5.60 Å². The van der Waals surface area contributed by atoms with Gasteiger partial charge in [0.1, 0.15) is 0 Å². The second-order valence-electron chi connectivity index (χ2n) is 3.87. The van der Waals surface area contributed by atoms with Gasteiger partial charge in [-0.05, 0) is 32.1 Å². The molecule has 1 N–H and O–H groups in total. The van der Waals surface area contributed by atoms with Crippen molar-refractivity contribution in [1.82, 2.24) is 0 Å². The lowest BCUT2D eigenvalue weighted by Gasteiger charge is -2.27. The van der Waals surface area contributed by atoms with E-state index in [4.69, 9.17) is 0 Å². The first kappa shape index (κ1) is 11.6. The van der Waals surface area contributed by atoms with Gasteiger partial charge in [0.25, 0.3) is 0 Å². The van der Waals surface area contributed by atoms with E-state index in [9.17, 15) is 18.3 Å². The normalized spacial score (nSPS) is 28.0. The van der Waals surface area contributed by atoms with Crippen LogP contribution in [0.4, 0.5) is 13.2 Å². The van der Waals surface area contributed by atoms with Crippen molar-refractivity contribution in [3.05, 3.63) is 12.2 Å². The van der Waals surface area contributed by atoms with E-state index in [1.54, 1.807) is 6.08 Å². The van der Waals surface area contributed by atoms with Crippen LogP contribution < -0.4 is 0 Å². The van der Waals surface area contributed by atoms with Gasteiger partial charge in [0.2, 0.25) is 0 Å². The average molecular weight is 208 g/mol. The largest absolute Gasteiger partial charge is 0.389 e.